The van der Waals surface area contributed by atoms with Crippen molar-refractivity contribution in [3.63, 3.8) is 0 Å². The molecule has 13 heavy (non-hydrogen) atoms. The number of carbonyl (C=O) groups is 1. The van der Waals surface area contributed by atoms with E-state index < -0.39 is 0 Å². The van der Waals surface area contributed by atoms with Gasteiger partial charge in [0, 0.05) is 12.3 Å². The monoisotopic (exact) mass is 182 g/mol. The molecule has 0 N–H and O–H groups in total. The van der Waals surface area contributed by atoms with E-state index in [2.05, 4.69) is 6.58 Å². The van der Waals surface area contributed by atoms with Gasteiger partial charge in [0.15, 0.2) is 0 Å². The Morgan fingerprint density at radius 2 is 2.23 bits per heavy atom. The summed E-state index contributed by atoms with van der Waals surface area (Å²) in [6.45, 7) is 8.39. The fraction of sp³-hybridized carbons (Fsp3) is 0.727. The number of allylic oxidation sites excluding steroid dienone is 1. The molecule has 2 nitrogen and oxygen atoms in total. The van der Waals surface area contributed by atoms with Crippen LogP contribution in [0.3, 0.4) is 0 Å². The van der Waals surface area contributed by atoms with Crippen molar-refractivity contribution in [3.8, 4) is 0 Å². The number of hydrogen-bond acceptors (Lipinski definition) is 2. The van der Waals surface area contributed by atoms with E-state index in [1.54, 1.807) is 0 Å². The molecule has 2 unspecified atom stereocenters. The van der Waals surface area contributed by atoms with Crippen LogP contribution in [0.5, 0.6) is 0 Å². The first kappa shape index (κ1) is 10.5. The molecular formula is C11H18O2. The molecule has 2 heteroatoms. The van der Waals surface area contributed by atoms with Gasteiger partial charge in [-0.05, 0) is 26.7 Å². The Labute approximate surface area is 80.0 Å². The van der Waals surface area contributed by atoms with Crippen molar-refractivity contribution in [1.29, 1.82) is 0 Å². The molecule has 1 aliphatic rings. The summed E-state index contributed by atoms with van der Waals surface area (Å²) < 4.78 is 5.35. The lowest BCUT2D eigenvalue weighted by Gasteiger charge is -2.05. The van der Waals surface area contributed by atoms with Crippen molar-refractivity contribution in [2.75, 3.05) is 6.61 Å². The molecule has 0 aromatic carbocycles. The molecule has 0 spiro atoms. The van der Waals surface area contributed by atoms with Gasteiger partial charge in [0.25, 0.3) is 0 Å². The van der Waals surface area contributed by atoms with Gasteiger partial charge in [-0.15, -0.1) is 6.58 Å². The van der Waals surface area contributed by atoms with E-state index in [9.17, 15) is 4.79 Å². The van der Waals surface area contributed by atoms with Crippen molar-refractivity contribution in [3.05, 3.63) is 12.2 Å². The average Bonchev–Trinajstić information content (AvgIpc) is 2.47. The summed E-state index contributed by atoms with van der Waals surface area (Å²) in [5.41, 5.74) is 1.08. The van der Waals surface area contributed by atoms with Crippen LogP contribution in [0, 0.1) is 5.92 Å². The predicted molar refractivity (Wildman–Crippen MR) is 52.6 cm³/mol. The first-order valence-electron chi connectivity index (χ1n) is 4.88. The molecule has 1 heterocycles. The molecular weight excluding hydrogens is 164 g/mol. The maximum Gasteiger partial charge on any atom is 0.138 e. The van der Waals surface area contributed by atoms with E-state index in [-0.39, 0.29) is 12.0 Å². The third-order valence-electron chi connectivity index (χ3n) is 2.45. The third kappa shape index (κ3) is 3.31. The summed E-state index contributed by atoms with van der Waals surface area (Å²) in [6.07, 6.45) is 2.62. The van der Waals surface area contributed by atoms with Crippen LogP contribution in [0.25, 0.3) is 0 Å². The lowest BCUT2D eigenvalue weighted by atomic mass is 9.96. The molecule has 1 rings (SSSR count). The quantitative estimate of drug-likeness (QED) is 0.624. The van der Waals surface area contributed by atoms with Crippen LogP contribution in [-0.4, -0.2) is 18.5 Å². The highest BCUT2D eigenvalue weighted by Crippen LogP contribution is 2.21. The Morgan fingerprint density at radius 1 is 1.54 bits per heavy atom. The maximum absolute atomic E-state index is 11.6. The normalized spacial score (nSPS) is 27.5. The van der Waals surface area contributed by atoms with Crippen molar-refractivity contribution < 1.29 is 9.53 Å². The van der Waals surface area contributed by atoms with Crippen molar-refractivity contribution >= 4 is 5.78 Å². The van der Waals surface area contributed by atoms with E-state index in [4.69, 9.17) is 4.74 Å². The molecule has 0 saturated carbocycles. The minimum atomic E-state index is 0.148. The summed E-state index contributed by atoms with van der Waals surface area (Å²) in [4.78, 5) is 11.6. The van der Waals surface area contributed by atoms with Crippen molar-refractivity contribution in [2.45, 2.75) is 39.2 Å². The minimum Gasteiger partial charge on any atom is -0.378 e. The second-order valence-electron chi connectivity index (χ2n) is 4.00. The number of hydrogen-bond donors (Lipinski definition) is 0. The smallest absolute Gasteiger partial charge is 0.138 e. The van der Waals surface area contributed by atoms with Gasteiger partial charge in [0.05, 0.1) is 12.7 Å². The Kier molecular flexibility index (Phi) is 3.67. The van der Waals surface area contributed by atoms with Gasteiger partial charge in [-0.3, -0.25) is 4.79 Å². The summed E-state index contributed by atoms with van der Waals surface area (Å²) in [6, 6.07) is 0. The van der Waals surface area contributed by atoms with Crippen LogP contribution in [0.1, 0.15) is 33.1 Å². The molecule has 74 valence electrons. The van der Waals surface area contributed by atoms with Crippen molar-refractivity contribution in [2.24, 2.45) is 5.92 Å². The highest BCUT2D eigenvalue weighted by Gasteiger charge is 2.27. The Hall–Kier alpha value is -0.630. The topological polar surface area (TPSA) is 26.3 Å². The predicted octanol–water partition coefficient (Wildman–Crippen LogP) is 2.34. The first-order valence-corrected chi connectivity index (χ1v) is 4.88. The highest BCUT2D eigenvalue weighted by molar-refractivity contribution is 5.81. The molecule has 0 amide bonds. The maximum atomic E-state index is 11.6. The SMILES string of the molecule is C=C(C)CCC(=O)C1COC(C)C1. The van der Waals surface area contributed by atoms with E-state index in [0.717, 1.165) is 18.4 Å². The first-order chi connectivity index (χ1) is 6.09. The van der Waals surface area contributed by atoms with E-state index in [0.29, 0.717) is 18.8 Å². The number of ketones is 1. The van der Waals surface area contributed by atoms with Gasteiger partial charge >= 0.3 is 0 Å². The fourth-order valence-corrected chi connectivity index (χ4v) is 1.58. The number of ether oxygens (including phenoxy) is 1. The number of rotatable bonds is 4. The van der Waals surface area contributed by atoms with Crippen LogP contribution < -0.4 is 0 Å². The second kappa shape index (κ2) is 4.56. The van der Waals surface area contributed by atoms with Gasteiger partial charge in [0.2, 0.25) is 0 Å². The lowest BCUT2D eigenvalue weighted by molar-refractivity contribution is -0.122. The zero-order valence-electron chi connectivity index (χ0n) is 8.51. The molecule has 0 aliphatic carbocycles. The number of Topliss-reactive ketones (excluding diaryl/α,β-unsaturated/α-hetero) is 1. The van der Waals surface area contributed by atoms with Gasteiger partial charge in [-0.25, -0.2) is 0 Å². The van der Waals surface area contributed by atoms with Gasteiger partial charge < -0.3 is 4.74 Å². The molecule has 0 bridgehead atoms. The summed E-state index contributed by atoms with van der Waals surface area (Å²) >= 11 is 0. The molecule has 0 aromatic heterocycles. The number of carbonyl (C=O) groups excluding carboxylic acids is 1. The molecule has 1 aliphatic heterocycles. The zero-order chi connectivity index (χ0) is 9.84. The average molecular weight is 182 g/mol. The van der Waals surface area contributed by atoms with Crippen LogP contribution >= 0.6 is 0 Å². The molecule has 2 atom stereocenters. The zero-order valence-corrected chi connectivity index (χ0v) is 8.51. The van der Waals surface area contributed by atoms with Crippen LogP contribution in [-0.2, 0) is 9.53 Å². The fourth-order valence-electron chi connectivity index (χ4n) is 1.58. The van der Waals surface area contributed by atoms with Gasteiger partial charge in [-0.1, -0.05) is 5.57 Å². The Balaban J connectivity index is 2.27. The van der Waals surface area contributed by atoms with Gasteiger partial charge in [0.1, 0.15) is 5.78 Å². The highest BCUT2D eigenvalue weighted by atomic mass is 16.5. The molecule has 0 radical (unpaired) electrons. The van der Waals surface area contributed by atoms with Crippen molar-refractivity contribution in [1.82, 2.24) is 0 Å². The van der Waals surface area contributed by atoms with E-state index >= 15 is 0 Å². The largest absolute Gasteiger partial charge is 0.378 e. The Bertz CT molecular complexity index is 208. The van der Waals surface area contributed by atoms with Crippen LogP contribution in [0.2, 0.25) is 0 Å². The second-order valence-corrected chi connectivity index (χ2v) is 4.00. The molecule has 0 aromatic rings. The summed E-state index contributed by atoms with van der Waals surface area (Å²) in [7, 11) is 0. The van der Waals surface area contributed by atoms with Gasteiger partial charge in [-0.2, -0.15) is 0 Å². The summed E-state index contributed by atoms with van der Waals surface area (Å²) in [5, 5.41) is 0. The third-order valence-corrected chi connectivity index (χ3v) is 2.45. The molecule has 1 saturated heterocycles. The molecule has 1 fully saturated rings. The van der Waals surface area contributed by atoms with E-state index in [1.807, 2.05) is 13.8 Å². The Morgan fingerprint density at radius 3 is 2.69 bits per heavy atom. The summed E-state index contributed by atoms with van der Waals surface area (Å²) in [5.74, 6) is 0.488. The van der Waals surface area contributed by atoms with Crippen LogP contribution in [0.15, 0.2) is 12.2 Å². The van der Waals surface area contributed by atoms with Crippen LogP contribution in [0.4, 0.5) is 0 Å². The van der Waals surface area contributed by atoms with E-state index in [1.165, 1.54) is 0 Å². The minimum absolute atomic E-state index is 0.148. The standard InChI is InChI=1S/C11H18O2/c1-8(2)4-5-11(12)10-6-9(3)13-7-10/h9-10H,1,4-7H2,2-3H3. The lowest BCUT2D eigenvalue weighted by Crippen LogP contribution is -2.14.